The van der Waals surface area contributed by atoms with Crippen LogP contribution in [0.1, 0.15) is 25.6 Å². The summed E-state index contributed by atoms with van der Waals surface area (Å²) in [5.41, 5.74) is 0. The lowest BCUT2D eigenvalue weighted by atomic mass is 10.2. The molecule has 1 fully saturated rings. The van der Waals surface area contributed by atoms with E-state index < -0.39 is 6.17 Å². The number of likely N-dealkylation sites (tertiary alicyclic amines) is 1. The van der Waals surface area contributed by atoms with Crippen LogP contribution in [0.2, 0.25) is 0 Å². The van der Waals surface area contributed by atoms with E-state index in [1.807, 2.05) is 24.7 Å². The second-order valence-corrected chi connectivity index (χ2v) is 6.40. The summed E-state index contributed by atoms with van der Waals surface area (Å²) >= 11 is 0. The number of rotatable bonds is 7. The number of carbonyl (C=O) groups is 1. The van der Waals surface area contributed by atoms with Crippen molar-refractivity contribution < 1.29 is 13.9 Å². The van der Waals surface area contributed by atoms with Gasteiger partial charge in [0.25, 0.3) is 0 Å². The van der Waals surface area contributed by atoms with Gasteiger partial charge in [-0.3, -0.25) is 9.69 Å². The van der Waals surface area contributed by atoms with E-state index >= 15 is 0 Å². The maximum Gasteiger partial charge on any atom is 0.224 e. The molecule has 0 bridgehead atoms. The summed E-state index contributed by atoms with van der Waals surface area (Å²) in [5, 5.41) is 0. The maximum atomic E-state index is 13.9. The second-order valence-electron chi connectivity index (χ2n) is 6.40. The van der Waals surface area contributed by atoms with Crippen molar-refractivity contribution in [2.75, 3.05) is 27.2 Å². The Labute approximate surface area is 137 Å². The number of ether oxygens (including phenoxy) is 1. The second kappa shape index (κ2) is 7.88. The van der Waals surface area contributed by atoms with Crippen molar-refractivity contribution in [2.24, 2.45) is 7.05 Å². The lowest BCUT2D eigenvalue weighted by molar-refractivity contribution is -0.132. The summed E-state index contributed by atoms with van der Waals surface area (Å²) in [4.78, 5) is 20.2. The fourth-order valence-corrected chi connectivity index (χ4v) is 2.94. The zero-order valence-corrected chi connectivity index (χ0v) is 14.4. The first-order chi connectivity index (χ1) is 10.9. The number of methoxy groups -OCH3 is 1. The van der Waals surface area contributed by atoms with Gasteiger partial charge < -0.3 is 14.2 Å². The van der Waals surface area contributed by atoms with E-state index in [-0.39, 0.29) is 18.1 Å². The predicted molar refractivity (Wildman–Crippen MR) is 85.6 cm³/mol. The van der Waals surface area contributed by atoms with Gasteiger partial charge in [0.1, 0.15) is 12.0 Å². The van der Waals surface area contributed by atoms with Crippen LogP contribution in [0.4, 0.5) is 4.39 Å². The number of halogens is 1. The molecule has 0 aromatic carbocycles. The van der Waals surface area contributed by atoms with Crippen molar-refractivity contribution in [1.29, 1.82) is 0 Å². The fraction of sp³-hybridized carbons (Fsp3) is 0.750. The van der Waals surface area contributed by atoms with E-state index in [0.717, 1.165) is 5.82 Å². The molecule has 1 aliphatic rings. The molecule has 6 nitrogen and oxygen atoms in total. The first-order valence-electron chi connectivity index (χ1n) is 8.01. The molecule has 0 spiro atoms. The van der Waals surface area contributed by atoms with Crippen molar-refractivity contribution in [3.8, 4) is 0 Å². The number of imidazole rings is 1. The molecule has 0 radical (unpaired) electrons. The highest BCUT2D eigenvalue weighted by molar-refractivity contribution is 5.76. The van der Waals surface area contributed by atoms with Gasteiger partial charge in [-0.25, -0.2) is 9.37 Å². The Bertz CT molecular complexity index is 522. The summed E-state index contributed by atoms with van der Waals surface area (Å²) < 4.78 is 21.0. The molecule has 23 heavy (non-hydrogen) atoms. The summed E-state index contributed by atoms with van der Waals surface area (Å²) in [7, 11) is 5.30. The number of hydrogen-bond donors (Lipinski definition) is 0. The van der Waals surface area contributed by atoms with Crippen molar-refractivity contribution in [2.45, 2.75) is 44.6 Å². The molecule has 0 saturated carbocycles. The Balaban J connectivity index is 1.94. The topological polar surface area (TPSA) is 50.6 Å². The van der Waals surface area contributed by atoms with Crippen LogP contribution in [0.25, 0.3) is 0 Å². The fourth-order valence-electron chi connectivity index (χ4n) is 2.94. The molecule has 0 N–H and O–H groups in total. The van der Waals surface area contributed by atoms with Gasteiger partial charge in [-0.15, -0.1) is 0 Å². The predicted octanol–water partition coefficient (Wildman–Crippen LogP) is 1.22. The van der Waals surface area contributed by atoms with Gasteiger partial charge in [0.05, 0.1) is 19.1 Å². The van der Waals surface area contributed by atoms with Gasteiger partial charge in [-0.05, 0) is 13.3 Å². The van der Waals surface area contributed by atoms with Crippen molar-refractivity contribution in [3.63, 3.8) is 0 Å². The SMILES string of the molecule is CO[C@H](C)CC(=O)N(C)C[C@@H]1C[C@H](F)CN1Cc1nccn1C. The molecule has 7 heteroatoms. The molecule has 2 rings (SSSR count). The minimum absolute atomic E-state index is 0.0218. The number of hydrogen-bond acceptors (Lipinski definition) is 4. The van der Waals surface area contributed by atoms with E-state index in [1.54, 1.807) is 25.3 Å². The van der Waals surface area contributed by atoms with Gasteiger partial charge in [0.2, 0.25) is 5.91 Å². The monoisotopic (exact) mass is 326 g/mol. The van der Waals surface area contributed by atoms with Crippen LogP contribution in [-0.4, -0.2) is 70.8 Å². The minimum Gasteiger partial charge on any atom is -0.381 e. The average Bonchev–Trinajstić information content (AvgIpc) is 3.05. The summed E-state index contributed by atoms with van der Waals surface area (Å²) in [6.45, 7) is 3.39. The van der Waals surface area contributed by atoms with Gasteiger partial charge in [-0.1, -0.05) is 0 Å². The normalized spacial score (nSPS) is 23.2. The van der Waals surface area contributed by atoms with Crippen LogP contribution in [0.15, 0.2) is 12.4 Å². The number of amides is 1. The van der Waals surface area contributed by atoms with Gasteiger partial charge in [-0.2, -0.15) is 0 Å². The Morgan fingerprint density at radius 3 is 2.96 bits per heavy atom. The third-order valence-electron chi connectivity index (χ3n) is 4.52. The summed E-state index contributed by atoms with van der Waals surface area (Å²) in [6, 6.07) is 0.0218. The zero-order chi connectivity index (χ0) is 17.0. The quantitative estimate of drug-likeness (QED) is 0.756. The molecule has 3 atom stereocenters. The van der Waals surface area contributed by atoms with Crippen molar-refractivity contribution >= 4 is 5.91 Å². The molecular weight excluding hydrogens is 299 g/mol. The Morgan fingerprint density at radius 2 is 2.35 bits per heavy atom. The Morgan fingerprint density at radius 1 is 1.61 bits per heavy atom. The molecule has 1 saturated heterocycles. The first-order valence-corrected chi connectivity index (χ1v) is 8.01. The summed E-state index contributed by atoms with van der Waals surface area (Å²) in [6.07, 6.45) is 3.48. The van der Waals surface area contributed by atoms with Crippen LogP contribution in [0, 0.1) is 0 Å². The Hall–Kier alpha value is -1.47. The largest absolute Gasteiger partial charge is 0.381 e. The van der Waals surface area contributed by atoms with E-state index in [2.05, 4.69) is 9.88 Å². The molecule has 0 unspecified atom stereocenters. The van der Waals surface area contributed by atoms with Crippen molar-refractivity contribution in [3.05, 3.63) is 18.2 Å². The maximum absolute atomic E-state index is 13.9. The lowest BCUT2D eigenvalue weighted by Gasteiger charge is -2.28. The lowest BCUT2D eigenvalue weighted by Crippen LogP contribution is -2.41. The highest BCUT2D eigenvalue weighted by Gasteiger charge is 2.34. The van der Waals surface area contributed by atoms with Crippen LogP contribution in [0.3, 0.4) is 0 Å². The number of alkyl halides is 1. The van der Waals surface area contributed by atoms with Gasteiger partial charge in [0, 0.05) is 52.7 Å². The Kier molecular flexibility index (Phi) is 6.12. The number of nitrogens with zero attached hydrogens (tertiary/aromatic N) is 4. The van der Waals surface area contributed by atoms with Crippen LogP contribution < -0.4 is 0 Å². The molecule has 2 heterocycles. The van der Waals surface area contributed by atoms with E-state index in [4.69, 9.17) is 4.74 Å². The molecular formula is C16H27FN4O2. The molecule has 1 aromatic heterocycles. The van der Waals surface area contributed by atoms with Crippen LogP contribution in [0.5, 0.6) is 0 Å². The molecule has 1 aromatic rings. The van der Waals surface area contributed by atoms with Crippen LogP contribution in [-0.2, 0) is 23.1 Å². The molecule has 1 amide bonds. The average molecular weight is 326 g/mol. The number of carbonyl (C=O) groups excluding carboxylic acids is 1. The highest BCUT2D eigenvalue weighted by atomic mass is 19.1. The van der Waals surface area contributed by atoms with Crippen molar-refractivity contribution in [1.82, 2.24) is 19.4 Å². The first kappa shape index (κ1) is 17.9. The molecule has 1 aliphatic heterocycles. The third-order valence-corrected chi connectivity index (χ3v) is 4.52. The number of aromatic nitrogens is 2. The minimum atomic E-state index is -0.846. The van der Waals surface area contributed by atoms with E-state index in [1.165, 1.54) is 0 Å². The smallest absolute Gasteiger partial charge is 0.224 e. The molecule has 0 aliphatic carbocycles. The van der Waals surface area contributed by atoms with E-state index in [0.29, 0.717) is 32.5 Å². The summed E-state index contributed by atoms with van der Waals surface area (Å²) in [5.74, 6) is 0.935. The van der Waals surface area contributed by atoms with Gasteiger partial charge >= 0.3 is 0 Å². The number of aryl methyl sites for hydroxylation is 1. The third kappa shape index (κ3) is 4.75. The van der Waals surface area contributed by atoms with E-state index in [9.17, 15) is 9.18 Å². The standard InChI is InChI=1S/C16H27FN4O2/c1-12(23-4)7-16(22)20(3)10-14-8-13(17)9-21(14)11-15-18-5-6-19(15)2/h5-6,12-14H,7-11H2,1-4H3/t12-,13+,14+/m1/s1. The number of likely N-dealkylation sites (N-methyl/N-ethyl adjacent to an activating group) is 1. The van der Waals surface area contributed by atoms with Crippen LogP contribution >= 0.6 is 0 Å². The van der Waals surface area contributed by atoms with Gasteiger partial charge in [0.15, 0.2) is 0 Å². The zero-order valence-electron chi connectivity index (χ0n) is 14.4. The molecule has 130 valence electrons. The highest BCUT2D eigenvalue weighted by Crippen LogP contribution is 2.23.